The first kappa shape index (κ1) is 12.5. The summed E-state index contributed by atoms with van der Waals surface area (Å²) in [4.78, 5) is 2.30. The maximum Gasteiger partial charge on any atom is 0.0684 e. The van der Waals surface area contributed by atoms with Gasteiger partial charge in [-0.15, -0.1) is 6.42 Å². The van der Waals surface area contributed by atoms with Crippen LogP contribution in [0, 0.1) is 12.3 Å². The van der Waals surface area contributed by atoms with E-state index in [1.807, 2.05) is 0 Å². The van der Waals surface area contributed by atoms with Gasteiger partial charge in [-0.2, -0.15) is 0 Å². The fraction of sp³-hybridized carbons (Fsp3) is 0.818. The highest BCUT2D eigenvalue weighted by Gasteiger charge is 2.03. The second-order valence-corrected chi connectivity index (χ2v) is 3.66. The molecule has 0 amide bonds. The Kier molecular flexibility index (Phi) is 6.66. The quantitative estimate of drug-likeness (QED) is 0.623. The van der Waals surface area contributed by atoms with Crippen molar-refractivity contribution in [1.29, 1.82) is 0 Å². The van der Waals surface area contributed by atoms with Crippen molar-refractivity contribution < 1.29 is 0 Å². The van der Waals surface area contributed by atoms with E-state index in [9.17, 15) is 0 Å². The van der Waals surface area contributed by atoms with Crippen LogP contribution in [0.1, 0.15) is 27.2 Å². The largest absolute Gasteiger partial charge is 0.303 e. The number of hydrogen-bond donors (Lipinski definition) is 1. The number of hydrogen-bond acceptors (Lipinski definition) is 2. The molecule has 0 aromatic heterocycles. The van der Waals surface area contributed by atoms with Gasteiger partial charge in [0.25, 0.3) is 0 Å². The van der Waals surface area contributed by atoms with E-state index in [0.29, 0.717) is 6.04 Å². The zero-order valence-corrected chi connectivity index (χ0v) is 9.30. The Morgan fingerprint density at radius 2 is 2.08 bits per heavy atom. The normalized spacial score (nSPS) is 13.3. The molecule has 0 aromatic carbocycles. The summed E-state index contributed by atoms with van der Waals surface area (Å²) in [5.74, 6) is 2.73. The summed E-state index contributed by atoms with van der Waals surface area (Å²) in [6.07, 6.45) is 6.34. The van der Waals surface area contributed by atoms with Crippen LogP contribution in [0.2, 0.25) is 0 Å². The van der Waals surface area contributed by atoms with Crippen molar-refractivity contribution in [3.63, 3.8) is 0 Å². The maximum absolute atomic E-state index is 5.33. The molecular formula is C11H22N2. The van der Waals surface area contributed by atoms with Crippen molar-refractivity contribution in [2.45, 2.75) is 39.3 Å². The Morgan fingerprint density at radius 3 is 2.46 bits per heavy atom. The summed E-state index contributed by atoms with van der Waals surface area (Å²) < 4.78 is 0. The molecule has 0 rings (SSSR count). The van der Waals surface area contributed by atoms with Crippen LogP contribution >= 0.6 is 0 Å². The summed E-state index contributed by atoms with van der Waals surface area (Å²) >= 11 is 0. The second kappa shape index (κ2) is 6.94. The smallest absolute Gasteiger partial charge is 0.0684 e. The highest BCUT2D eigenvalue weighted by molar-refractivity contribution is 4.97. The van der Waals surface area contributed by atoms with Crippen LogP contribution in [-0.2, 0) is 0 Å². The lowest BCUT2D eigenvalue weighted by Gasteiger charge is -2.21. The van der Waals surface area contributed by atoms with Gasteiger partial charge in [0.2, 0.25) is 0 Å². The molecule has 0 aliphatic carbocycles. The standard InChI is InChI=1S/C11H22N2/c1-6-11(7-2)12-8-9-13(5)10(3)4/h1,10-12H,7-9H2,2-5H3. The molecule has 0 aliphatic heterocycles. The first-order chi connectivity index (χ1) is 6.11. The van der Waals surface area contributed by atoms with Gasteiger partial charge in [0.05, 0.1) is 6.04 Å². The molecular weight excluding hydrogens is 160 g/mol. The first-order valence-corrected chi connectivity index (χ1v) is 5.01. The van der Waals surface area contributed by atoms with Gasteiger partial charge in [-0.05, 0) is 27.3 Å². The van der Waals surface area contributed by atoms with Crippen LogP contribution in [0.25, 0.3) is 0 Å². The summed E-state index contributed by atoms with van der Waals surface area (Å²) in [5, 5.41) is 3.33. The van der Waals surface area contributed by atoms with Crippen molar-refractivity contribution in [3.8, 4) is 12.3 Å². The number of rotatable bonds is 6. The number of nitrogens with zero attached hydrogens (tertiary/aromatic N) is 1. The van der Waals surface area contributed by atoms with Gasteiger partial charge in [-0.1, -0.05) is 12.8 Å². The van der Waals surface area contributed by atoms with Crippen molar-refractivity contribution in [3.05, 3.63) is 0 Å². The third-order valence-electron chi connectivity index (χ3n) is 2.35. The predicted molar refractivity (Wildman–Crippen MR) is 58.7 cm³/mol. The highest BCUT2D eigenvalue weighted by Crippen LogP contribution is 1.92. The Morgan fingerprint density at radius 1 is 1.46 bits per heavy atom. The number of nitrogens with one attached hydrogen (secondary N) is 1. The van der Waals surface area contributed by atoms with Gasteiger partial charge in [-0.3, -0.25) is 0 Å². The van der Waals surface area contributed by atoms with Crippen molar-refractivity contribution >= 4 is 0 Å². The summed E-state index contributed by atoms with van der Waals surface area (Å²) in [5.41, 5.74) is 0. The second-order valence-electron chi connectivity index (χ2n) is 3.66. The van der Waals surface area contributed by atoms with Gasteiger partial charge in [0.15, 0.2) is 0 Å². The minimum absolute atomic E-state index is 0.237. The third kappa shape index (κ3) is 5.68. The van der Waals surface area contributed by atoms with Crippen LogP contribution in [0.4, 0.5) is 0 Å². The monoisotopic (exact) mass is 182 g/mol. The molecule has 0 bridgehead atoms. The molecule has 1 atom stereocenters. The van der Waals surface area contributed by atoms with E-state index in [0.717, 1.165) is 19.5 Å². The average molecular weight is 182 g/mol. The maximum atomic E-state index is 5.33. The van der Waals surface area contributed by atoms with Gasteiger partial charge < -0.3 is 10.2 Å². The van der Waals surface area contributed by atoms with Crippen molar-refractivity contribution in [1.82, 2.24) is 10.2 Å². The molecule has 0 spiro atoms. The first-order valence-electron chi connectivity index (χ1n) is 5.01. The van der Waals surface area contributed by atoms with Crippen LogP contribution in [0.3, 0.4) is 0 Å². The van der Waals surface area contributed by atoms with E-state index in [-0.39, 0.29) is 6.04 Å². The van der Waals surface area contributed by atoms with Crippen LogP contribution in [0.15, 0.2) is 0 Å². The topological polar surface area (TPSA) is 15.3 Å². The minimum atomic E-state index is 0.237. The minimum Gasteiger partial charge on any atom is -0.303 e. The van der Waals surface area contributed by atoms with Gasteiger partial charge in [-0.25, -0.2) is 0 Å². The Labute approximate surface area is 82.7 Å². The van der Waals surface area contributed by atoms with E-state index in [4.69, 9.17) is 6.42 Å². The fourth-order valence-corrected chi connectivity index (χ4v) is 0.994. The van der Waals surface area contributed by atoms with Crippen LogP contribution in [-0.4, -0.2) is 37.1 Å². The number of likely N-dealkylation sites (N-methyl/N-ethyl adjacent to an activating group) is 1. The van der Waals surface area contributed by atoms with Gasteiger partial charge in [0, 0.05) is 19.1 Å². The molecule has 0 saturated heterocycles. The molecule has 0 saturated carbocycles. The average Bonchev–Trinajstić information content (AvgIpc) is 2.12. The van der Waals surface area contributed by atoms with Gasteiger partial charge >= 0.3 is 0 Å². The van der Waals surface area contributed by atoms with E-state index < -0.39 is 0 Å². The van der Waals surface area contributed by atoms with Gasteiger partial charge in [0.1, 0.15) is 0 Å². The Bertz CT molecular complexity index is 158. The van der Waals surface area contributed by atoms with E-state index in [1.165, 1.54) is 0 Å². The molecule has 2 heteroatoms. The lowest BCUT2D eigenvalue weighted by Crippen LogP contribution is -2.37. The molecule has 0 radical (unpaired) electrons. The fourth-order valence-electron chi connectivity index (χ4n) is 0.994. The zero-order valence-electron chi connectivity index (χ0n) is 9.30. The molecule has 13 heavy (non-hydrogen) atoms. The molecule has 0 aliphatic rings. The van der Waals surface area contributed by atoms with Crippen LogP contribution in [0.5, 0.6) is 0 Å². The Hall–Kier alpha value is -0.520. The lowest BCUT2D eigenvalue weighted by atomic mass is 10.2. The number of terminal acetylenes is 1. The van der Waals surface area contributed by atoms with E-state index in [1.54, 1.807) is 0 Å². The zero-order chi connectivity index (χ0) is 10.3. The van der Waals surface area contributed by atoms with E-state index >= 15 is 0 Å². The molecule has 76 valence electrons. The van der Waals surface area contributed by atoms with E-state index in [2.05, 4.69) is 44.0 Å². The van der Waals surface area contributed by atoms with Crippen molar-refractivity contribution in [2.24, 2.45) is 0 Å². The molecule has 2 nitrogen and oxygen atoms in total. The highest BCUT2D eigenvalue weighted by atomic mass is 15.1. The van der Waals surface area contributed by atoms with Crippen LogP contribution < -0.4 is 5.32 Å². The lowest BCUT2D eigenvalue weighted by molar-refractivity contribution is 0.271. The molecule has 0 aromatic rings. The molecule has 1 N–H and O–H groups in total. The summed E-state index contributed by atoms with van der Waals surface area (Å²) in [6, 6.07) is 0.841. The SMILES string of the molecule is C#CC(CC)NCCN(C)C(C)C. The predicted octanol–water partition coefficient (Wildman–Crippen LogP) is 1.33. The summed E-state index contributed by atoms with van der Waals surface area (Å²) in [7, 11) is 2.13. The summed E-state index contributed by atoms with van der Waals surface area (Å²) in [6.45, 7) is 8.51. The molecule has 0 fully saturated rings. The molecule has 0 heterocycles. The third-order valence-corrected chi connectivity index (χ3v) is 2.35. The Balaban J connectivity index is 3.50. The van der Waals surface area contributed by atoms with Crippen molar-refractivity contribution in [2.75, 3.05) is 20.1 Å². The molecule has 1 unspecified atom stereocenters.